The van der Waals surface area contributed by atoms with E-state index in [2.05, 4.69) is 44.4 Å². The number of hydrogen-bond donors (Lipinski definition) is 3. The number of likely N-dealkylation sites (tertiary alicyclic amines) is 1. The maximum absolute atomic E-state index is 13.5. The van der Waals surface area contributed by atoms with Crippen LogP contribution in [0.4, 0.5) is 0 Å². The molecule has 1 aliphatic heterocycles. The SMILES string of the molecule is CC(C)C(C(=O)N1CCCC1C(=O)N[C@H](Cc1ccc2ccccc2c1)C(=O)NCCCN)C(C)C.Cl. The minimum Gasteiger partial charge on any atom is -0.354 e. The highest BCUT2D eigenvalue weighted by Gasteiger charge is 2.39. The van der Waals surface area contributed by atoms with Crippen molar-refractivity contribution in [3.63, 3.8) is 0 Å². The Bertz CT molecular complexity index is 1050. The van der Waals surface area contributed by atoms with E-state index in [-0.39, 0.29) is 47.9 Å². The number of halogens is 1. The topological polar surface area (TPSA) is 105 Å². The Kier molecular flexibility index (Phi) is 11.9. The van der Waals surface area contributed by atoms with Gasteiger partial charge in [-0.1, -0.05) is 70.2 Å². The summed E-state index contributed by atoms with van der Waals surface area (Å²) in [7, 11) is 0. The molecule has 3 rings (SSSR count). The molecule has 0 aliphatic carbocycles. The van der Waals surface area contributed by atoms with E-state index in [1.807, 2.05) is 36.4 Å². The van der Waals surface area contributed by atoms with Crippen LogP contribution in [0.3, 0.4) is 0 Å². The Morgan fingerprint density at radius 1 is 1.03 bits per heavy atom. The van der Waals surface area contributed by atoms with Gasteiger partial charge in [0.2, 0.25) is 17.7 Å². The van der Waals surface area contributed by atoms with Crippen LogP contribution in [-0.4, -0.2) is 54.3 Å². The molecule has 2 atom stereocenters. The Labute approximate surface area is 227 Å². The monoisotopic (exact) mass is 530 g/mol. The molecule has 1 unspecified atom stereocenters. The molecule has 204 valence electrons. The number of benzene rings is 2. The fraction of sp³-hybridized carbons (Fsp3) is 0.552. The van der Waals surface area contributed by atoms with Crippen LogP contribution >= 0.6 is 12.4 Å². The second kappa shape index (κ2) is 14.3. The lowest BCUT2D eigenvalue weighted by Crippen LogP contribution is -2.55. The number of rotatable bonds is 11. The zero-order chi connectivity index (χ0) is 26.2. The molecule has 3 amide bonds. The lowest BCUT2D eigenvalue weighted by atomic mass is 9.84. The molecule has 0 bridgehead atoms. The van der Waals surface area contributed by atoms with Crippen molar-refractivity contribution in [1.82, 2.24) is 15.5 Å². The van der Waals surface area contributed by atoms with Gasteiger partial charge in [0.25, 0.3) is 0 Å². The molecule has 0 saturated carbocycles. The Morgan fingerprint density at radius 2 is 1.70 bits per heavy atom. The lowest BCUT2D eigenvalue weighted by molar-refractivity contribution is -0.144. The molecule has 2 aromatic rings. The third-order valence-electron chi connectivity index (χ3n) is 7.13. The van der Waals surface area contributed by atoms with Crippen LogP contribution in [0.25, 0.3) is 10.8 Å². The number of carbonyl (C=O) groups excluding carboxylic acids is 3. The average Bonchev–Trinajstić information content (AvgIpc) is 3.33. The van der Waals surface area contributed by atoms with Gasteiger partial charge in [-0.25, -0.2) is 0 Å². The maximum Gasteiger partial charge on any atom is 0.243 e. The van der Waals surface area contributed by atoms with Crippen LogP contribution in [-0.2, 0) is 20.8 Å². The summed E-state index contributed by atoms with van der Waals surface area (Å²) in [5.74, 6) is -0.205. The Morgan fingerprint density at radius 3 is 2.35 bits per heavy atom. The Balaban J connectivity index is 0.00000481. The molecule has 7 nitrogen and oxygen atoms in total. The first-order valence-electron chi connectivity index (χ1n) is 13.3. The van der Waals surface area contributed by atoms with E-state index < -0.39 is 12.1 Å². The van der Waals surface area contributed by atoms with Gasteiger partial charge >= 0.3 is 0 Å². The molecule has 37 heavy (non-hydrogen) atoms. The van der Waals surface area contributed by atoms with Gasteiger partial charge in [0.05, 0.1) is 0 Å². The van der Waals surface area contributed by atoms with Crippen molar-refractivity contribution in [3.05, 3.63) is 48.0 Å². The summed E-state index contributed by atoms with van der Waals surface area (Å²) in [5.41, 5.74) is 6.55. The van der Waals surface area contributed by atoms with Crippen molar-refractivity contribution in [2.45, 2.75) is 65.5 Å². The van der Waals surface area contributed by atoms with Crippen LogP contribution in [0, 0.1) is 17.8 Å². The van der Waals surface area contributed by atoms with E-state index in [0.717, 1.165) is 22.8 Å². The van der Waals surface area contributed by atoms with Crippen LogP contribution in [0.5, 0.6) is 0 Å². The van der Waals surface area contributed by atoms with E-state index in [1.54, 1.807) is 4.90 Å². The summed E-state index contributed by atoms with van der Waals surface area (Å²) >= 11 is 0. The number of hydrogen-bond acceptors (Lipinski definition) is 4. The standard InChI is InChI=1S/C29H42N4O3.ClH/c1-19(2)26(20(3)4)29(36)33-16-7-11-25(33)28(35)32-24(27(34)31-15-8-14-30)18-21-12-13-22-9-5-6-10-23(22)17-21;/h5-6,9-10,12-13,17,19-20,24-26H,7-8,11,14-16,18,30H2,1-4H3,(H,31,34)(H,32,35);1H/t24-,25?;/m1./s1. The maximum atomic E-state index is 13.5. The first-order chi connectivity index (χ1) is 17.2. The van der Waals surface area contributed by atoms with Gasteiger partial charge in [0.1, 0.15) is 12.1 Å². The second-order valence-electron chi connectivity index (χ2n) is 10.6. The molecule has 4 N–H and O–H groups in total. The van der Waals surface area contributed by atoms with Crippen molar-refractivity contribution in [2.75, 3.05) is 19.6 Å². The normalized spacial score (nSPS) is 16.2. The van der Waals surface area contributed by atoms with Gasteiger partial charge in [0, 0.05) is 25.4 Å². The quantitative estimate of drug-likeness (QED) is 0.385. The summed E-state index contributed by atoms with van der Waals surface area (Å²) in [6, 6.07) is 12.9. The third-order valence-corrected chi connectivity index (χ3v) is 7.13. The highest BCUT2D eigenvalue weighted by molar-refractivity contribution is 5.93. The van der Waals surface area contributed by atoms with Gasteiger partial charge in [-0.3, -0.25) is 14.4 Å². The smallest absolute Gasteiger partial charge is 0.243 e. The van der Waals surface area contributed by atoms with E-state index in [4.69, 9.17) is 5.73 Å². The molecule has 2 aromatic carbocycles. The van der Waals surface area contributed by atoms with Crippen molar-refractivity contribution >= 4 is 40.9 Å². The number of nitrogens with one attached hydrogen (secondary N) is 2. The molecular weight excluding hydrogens is 488 g/mol. The highest BCUT2D eigenvalue weighted by atomic mass is 35.5. The molecule has 0 spiro atoms. The number of fused-ring (bicyclic) bond motifs is 1. The number of nitrogens with zero attached hydrogens (tertiary/aromatic N) is 1. The van der Waals surface area contributed by atoms with Gasteiger partial charge in [-0.15, -0.1) is 12.4 Å². The molecule has 0 aromatic heterocycles. The van der Waals surface area contributed by atoms with E-state index in [1.165, 1.54) is 0 Å². The minimum atomic E-state index is -0.736. The number of nitrogens with two attached hydrogens (primary N) is 1. The molecule has 1 saturated heterocycles. The van der Waals surface area contributed by atoms with Crippen LogP contribution < -0.4 is 16.4 Å². The first-order valence-corrected chi connectivity index (χ1v) is 13.3. The first kappa shape index (κ1) is 30.6. The van der Waals surface area contributed by atoms with Crippen LogP contribution in [0.1, 0.15) is 52.5 Å². The largest absolute Gasteiger partial charge is 0.354 e. The fourth-order valence-corrected chi connectivity index (χ4v) is 5.35. The summed E-state index contributed by atoms with van der Waals surface area (Å²) in [5, 5.41) is 8.11. The number of carbonyl (C=O) groups is 3. The van der Waals surface area contributed by atoms with Crippen LogP contribution in [0.2, 0.25) is 0 Å². The third kappa shape index (κ3) is 7.92. The molecule has 8 heteroatoms. The zero-order valence-corrected chi connectivity index (χ0v) is 23.4. The van der Waals surface area contributed by atoms with Crippen LogP contribution in [0.15, 0.2) is 42.5 Å². The van der Waals surface area contributed by atoms with Crippen molar-refractivity contribution in [2.24, 2.45) is 23.5 Å². The zero-order valence-electron chi connectivity index (χ0n) is 22.5. The lowest BCUT2D eigenvalue weighted by Gasteiger charge is -2.32. The second-order valence-corrected chi connectivity index (χ2v) is 10.6. The van der Waals surface area contributed by atoms with E-state index >= 15 is 0 Å². The summed E-state index contributed by atoms with van der Waals surface area (Å²) in [6.45, 7) is 9.73. The molecule has 1 aliphatic rings. The minimum absolute atomic E-state index is 0. The number of amides is 3. The van der Waals surface area contributed by atoms with E-state index in [0.29, 0.717) is 38.9 Å². The average molecular weight is 531 g/mol. The van der Waals surface area contributed by atoms with Crippen molar-refractivity contribution in [3.8, 4) is 0 Å². The Hall–Kier alpha value is -2.64. The van der Waals surface area contributed by atoms with Gasteiger partial charge in [-0.05, 0) is 54.0 Å². The fourth-order valence-electron chi connectivity index (χ4n) is 5.35. The molecule has 0 radical (unpaired) electrons. The van der Waals surface area contributed by atoms with Gasteiger partial charge < -0.3 is 21.3 Å². The molecule has 1 heterocycles. The summed E-state index contributed by atoms with van der Waals surface area (Å²) < 4.78 is 0. The summed E-state index contributed by atoms with van der Waals surface area (Å²) in [6.07, 6.45) is 2.42. The van der Waals surface area contributed by atoms with Crippen molar-refractivity contribution < 1.29 is 14.4 Å². The van der Waals surface area contributed by atoms with E-state index in [9.17, 15) is 14.4 Å². The molecular formula is C29H43ClN4O3. The predicted molar refractivity (Wildman–Crippen MR) is 151 cm³/mol. The highest BCUT2D eigenvalue weighted by Crippen LogP contribution is 2.28. The van der Waals surface area contributed by atoms with Gasteiger partial charge in [-0.2, -0.15) is 0 Å². The van der Waals surface area contributed by atoms with Crippen molar-refractivity contribution in [1.29, 1.82) is 0 Å². The summed E-state index contributed by atoms with van der Waals surface area (Å²) in [4.78, 5) is 41.7. The molecule has 1 fully saturated rings. The predicted octanol–water partition coefficient (Wildman–Crippen LogP) is 3.67. The van der Waals surface area contributed by atoms with Gasteiger partial charge in [0.15, 0.2) is 0 Å².